The van der Waals surface area contributed by atoms with E-state index in [2.05, 4.69) is 62.7 Å². The molecule has 12 heterocycles. The van der Waals surface area contributed by atoms with Gasteiger partial charge in [-0.1, -0.05) is 122 Å². The number of benzene rings is 4. The maximum Gasteiger partial charge on any atom is 0.530 e. The summed E-state index contributed by atoms with van der Waals surface area (Å²) in [6.45, 7) is -11.1. The van der Waals surface area contributed by atoms with Crippen molar-refractivity contribution < 1.29 is 176 Å². The van der Waals surface area contributed by atoms with Gasteiger partial charge in [0, 0.05) is 22.3 Å². The first-order valence-corrected chi connectivity index (χ1v) is 41.0. The third-order valence-corrected chi connectivity index (χ3v) is 23.6. The summed E-state index contributed by atoms with van der Waals surface area (Å²) in [4.78, 5) is 55.8. The van der Waals surface area contributed by atoms with Gasteiger partial charge in [0.1, 0.15) is 117 Å². The number of fused-ring (bicyclic) bond motifs is 4. The second-order valence-corrected chi connectivity index (χ2v) is 33.4. The number of hydrogen-bond donors (Lipinski definition) is 12. The van der Waals surface area contributed by atoms with E-state index in [-0.39, 0.29) is 58.6 Å². The fourth-order valence-electron chi connectivity index (χ4n) is 11.3. The Hall–Kier alpha value is -7.96. The highest BCUT2D eigenvalue weighted by Crippen LogP contribution is 2.60. The van der Waals surface area contributed by atoms with Crippen molar-refractivity contribution in [3.8, 4) is 23.0 Å². The van der Waals surface area contributed by atoms with Crippen LogP contribution in [0.4, 0.5) is 35.1 Å². The molecule has 0 saturated carbocycles. The molecule has 40 nitrogen and oxygen atoms in total. The highest BCUT2D eigenvalue weighted by Gasteiger charge is 2.62. The minimum atomic E-state index is -4.84. The van der Waals surface area contributed by atoms with Gasteiger partial charge in [0.2, 0.25) is 0 Å². The Morgan fingerprint density at radius 1 is 0.392 bits per heavy atom. The highest BCUT2D eigenvalue weighted by atomic mass is 32.1. The number of nitrogens with zero attached hydrogens (tertiary/aromatic N) is 4. The minimum absolute atomic E-state index is 0.000113. The van der Waals surface area contributed by atoms with E-state index >= 15 is 17.6 Å². The van der Waals surface area contributed by atoms with Crippen LogP contribution in [0.3, 0.4) is 0 Å². The number of rotatable bonds is 16. The Morgan fingerprint density at radius 3 is 0.967 bits per heavy atom. The molecule has 8 aromatic rings. The topological polar surface area (TPSA) is 529 Å². The Kier molecular flexibility index (Phi) is 23.8. The van der Waals surface area contributed by atoms with Gasteiger partial charge in [-0.05, 0) is 24.3 Å². The average molecular weight is 1860 g/mol. The van der Waals surface area contributed by atoms with E-state index in [1.807, 2.05) is 19.9 Å². The number of halogens is 8. The van der Waals surface area contributed by atoms with Crippen LogP contribution < -0.4 is 40.9 Å². The summed E-state index contributed by atoms with van der Waals surface area (Å²) in [5.41, 5.74) is -2.63. The lowest BCUT2D eigenvalue weighted by atomic mass is 10.1. The maximum absolute atomic E-state index is 15.7. The van der Waals surface area contributed by atoms with Crippen LogP contribution in [0.2, 0.25) is 0 Å². The summed E-state index contributed by atoms with van der Waals surface area (Å²) in [7, 11) is -18.2. The largest absolute Gasteiger partial charge is 0.530 e. The molecule has 0 spiro atoms. The van der Waals surface area contributed by atoms with Gasteiger partial charge in [-0.3, -0.25) is 74.4 Å². The summed E-state index contributed by atoms with van der Waals surface area (Å²) >= 11 is 18.2. The molecule has 4 saturated heterocycles. The Morgan fingerprint density at radius 2 is 0.633 bits per heavy atom. The van der Waals surface area contributed by atoms with E-state index in [0.717, 1.165) is 0 Å². The second kappa shape index (κ2) is 35.0. The van der Waals surface area contributed by atoms with Gasteiger partial charge in [-0.15, -0.1) is 0 Å². The van der Waals surface area contributed by atoms with Gasteiger partial charge < -0.3 is 77.9 Å². The van der Waals surface area contributed by atoms with Gasteiger partial charge in [-0.25, -0.2) is 72.6 Å². The number of phosphoric ester groups is 4. The summed E-state index contributed by atoms with van der Waals surface area (Å²) < 4.78 is 293. The van der Waals surface area contributed by atoms with E-state index in [0.29, 0.717) is 56.2 Å². The first kappa shape index (κ1) is 81.7. The number of alkyl halides is 4. The molecule has 4 fully saturated rings. The number of aromatic amines is 4. The van der Waals surface area contributed by atoms with Crippen molar-refractivity contribution in [1.29, 1.82) is 0 Å². The van der Waals surface area contributed by atoms with Gasteiger partial charge in [-0.2, -0.15) is 0 Å². The van der Waals surface area contributed by atoms with Crippen LogP contribution >= 0.6 is 80.2 Å². The Bertz CT molecular complexity index is 6330. The monoisotopic (exact) mass is 1860 g/mol. The zero-order valence-electron chi connectivity index (χ0n) is 65.2. The SMILES string of the molecule is O=c1[nH]c(=S)c(F)cn1[C@@H]1O[C@](F)(COP2(=O)OCc3ccccc3O2)[C@@H](O)[C@H]1O.[2H]C([2H])(OP1(=O)OCc2ccccc2O1)[C@@]1(F)O[C@@H](n2cc(F)c(=S)[nH]c2=O)[C@H](O)[C@@H]1O.[2H]C([2H])(OP1(=O)OCc2ccccc2O1)[C@@]1(F)O[C@@]([2H])(n2cc(F)c(=S)[nH]c2=O)[C@H](O)[C@@H]1O.[2H][C@@]1(n2cc(F)c(=S)[nH]c2=O)O[C@](F)(COP2(=O)OCc3ccccc3O2)[C@@H](O)[C@H]1O. The molecule has 8 aliphatic rings. The van der Waals surface area contributed by atoms with E-state index in [4.69, 9.17) is 67.7 Å². The van der Waals surface area contributed by atoms with Crippen molar-refractivity contribution in [1.82, 2.24) is 38.2 Å². The van der Waals surface area contributed by atoms with Gasteiger partial charge in [0.15, 0.2) is 48.1 Å². The molecular formula is C64H60F8N8O32P4S4. The molecule has 12 N–H and O–H groups in total. The van der Waals surface area contributed by atoms with Gasteiger partial charge >= 0.3 is 54.0 Å². The standard InChI is InChI=1S/4C16H15F2N2O8PS/c4*17-9-5-20(15(23)19-13(9)30)14-11(21)12(22)16(18,27-14)7-26-29(24)25-6-8-3-1-2-4-10(8)28-29/h4*1-5,11-12,14,21-22H,6-7H2,(H,19,23,30)/t4*11-,12+,14-,16-,29?/m1111/s1/i7D2,14D;14D;7D2;. The summed E-state index contributed by atoms with van der Waals surface area (Å²) in [5.74, 6) is -18.6. The molecule has 56 heteroatoms. The van der Waals surface area contributed by atoms with E-state index in [1.54, 1.807) is 60.7 Å². The van der Waals surface area contributed by atoms with Crippen molar-refractivity contribution in [2.75, 3.05) is 26.3 Å². The number of aliphatic hydroxyl groups is 8. The molecule has 4 aromatic carbocycles. The van der Waals surface area contributed by atoms with Gasteiger partial charge in [0.25, 0.3) is 23.4 Å². The number of aromatic nitrogens is 8. The molecular weight excluding hydrogens is 1800 g/mol. The fraction of sp³-hybridized carbons (Fsp3) is 0.375. The zero-order chi connectivity index (χ0) is 92.2. The van der Waals surface area contributed by atoms with Crippen LogP contribution in [0.15, 0.2) is 141 Å². The molecule has 16 rings (SSSR count). The average Bonchev–Trinajstić information content (AvgIpc) is 1.57. The molecule has 0 aliphatic carbocycles. The predicted molar refractivity (Wildman–Crippen MR) is 389 cm³/mol. The van der Waals surface area contributed by atoms with Crippen LogP contribution in [-0.2, 0) is 99.8 Å². The predicted octanol–water partition coefficient (Wildman–Crippen LogP) is 6.78. The molecule has 4 unspecified atom stereocenters. The molecule has 4 aromatic heterocycles. The van der Waals surface area contributed by atoms with Crippen LogP contribution in [0, 0.1) is 41.8 Å². The van der Waals surface area contributed by atoms with Crippen molar-refractivity contribution in [3.63, 3.8) is 0 Å². The van der Waals surface area contributed by atoms with Crippen LogP contribution in [0.25, 0.3) is 0 Å². The summed E-state index contributed by atoms with van der Waals surface area (Å²) in [5, 5.41) is 81.5. The number of nitrogens with one attached hydrogen (secondary N) is 4. The quantitative estimate of drug-likeness (QED) is 0.0269. The summed E-state index contributed by atoms with van der Waals surface area (Å²) in [6, 6.07) is 25.2. The van der Waals surface area contributed by atoms with E-state index in [1.165, 1.54) is 36.4 Å². The van der Waals surface area contributed by atoms with Crippen molar-refractivity contribution >= 4 is 80.2 Å². The Balaban J connectivity index is 0.000000144. The van der Waals surface area contributed by atoms with Crippen molar-refractivity contribution in [2.24, 2.45) is 0 Å². The van der Waals surface area contributed by atoms with Crippen molar-refractivity contribution in [2.45, 2.75) is 124 Å². The molecule has 120 heavy (non-hydrogen) atoms. The van der Waals surface area contributed by atoms with E-state index < -0.39 is 219 Å². The first-order chi connectivity index (χ1) is 58.7. The van der Waals surface area contributed by atoms with Crippen LogP contribution in [0.1, 0.15) is 55.3 Å². The highest BCUT2D eigenvalue weighted by molar-refractivity contribution is 7.72. The molecule has 0 bridgehead atoms. The lowest BCUT2D eigenvalue weighted by molar-refractivity contribution is -0.205. The number of H-pyrrole nitrogens is 4. The number of para-hydroxylation sites is 4. The Labute approximate surface area is 691 Å². The van der Waals surface area contributed by atoms with Gasteiger partial charge in [0.05, 0.1) is 59.4 Å². The fourth-order valence-corrected chi connectivity index (χ4v) is 16.5. The van der Waals surface area contributed by atoms with Crippen LogP contribution in [-0.4, -0.2) is 178 Å². The lowest BCUT2D eigenvalue weighted by Gasteiger charge is -2.28. The lowest BCUT2D eigenvalue weighted by Crippen LogP contribution is -2.43. The third kappa shape index (κ3) is 18.8. The molecule has 0 amide bonds. The van der Waals surface area contributed by atoms with Crippen molar-refractivity contribution in [3.05, 3.63) is 228 Å². The molecule has 648 valence electrons. The normalized spacial score (nSPS) is 35.3. The molecule has 20 atom stereocenters. The smallest absolute Gasteiger partial charge is 0.404 e. The minimum Gasteiger partial charge on any atom is -0.404 e. The summed E-state index contributed by atoms with van der Waals surface area (Å²) in [6.07, 6.45) is -27.9. The maximum atomic E-state index is 15.7. The number of phosphoric acid groups is 4. The number of hydrogen-bond acceptors (Lipinski definition) is 36. The zero-order valence-corrected chi connectivity index (χ0v) is 66.0. The van der Waals surface area contributed by atoms with Crippen LogP contribution in [0.5, 0.6) is 23.0 Å². The number of ether oxygens (including phenoxy) is 4. The molecule has 8 aliphatic heterocycles. The first-order valence-electron chi connectivity index (χ1n) is 36.5. The molecule has 0 radical (unpaired) electrons. The number of aliphatic hydroxyl groups excluding tert-OH is 8. The second-order valence-electron chi connectivity index (χ2n) is 25.5. The van der Waals surface area contributed by atoms with E-state index in [9.17, 15) is 95.9 Å². The third-order valence-electron chi connectivity index (χ3n) is 17.5.